The largest absolute Gasteiger partial charge is 0.398 e. The molecule has 1 fully saturated rings. The maximum absolute atomic E-state index is 12.5. The predicted octanol–water partition coefficient (Wildman–Crippen LogP) is 2.95. The van der Waals surface area contributed by atoms with E-state index in [1.165, 1.54) is 0 Å². The highest BCUT2D eigenvalue weighted by atomic mass is 35.5. The Kier molecular flexibility index (Phi) is 5.26. The van der Waals surface area contributed by atoms with Crippen molar-refractivity contribution in [2.24, 2.45) is 0 Å². The molecule has 110 valence electrons. The van der Waals surface area contributed by atoms with Crippen LogP contribution in [-0.4, -0.2) is 36.6 Å². The molecule has 0 aliphatic carbocycles. The zero-order valence-electron chi connectivity index (χ0n) is 11.8. The molecular formula is C15H21ClN2O2. The van der Waals surface area contributed by atoms with Crippen LogP contribution < -0.4 is 5.73 Å². The van der Waals surface area contributed by atoms with Crippen molar-refractivity contribution < 1.29 is 9.53 Å². The van der Waals surface area contributed by atoms with Gasteiger partial charge in [-0.25, -0.2) is 0 Å². The molecule has 1 amide bonds. The topological polar surface area (TPSA) is 55.6 Å². The minimum atomic E-state index is -0.0604. The van der Waals surface area contributed by atoms with Gasteiger partial charge in [-0.2, -0.15) is 0 Å². The van der Waals surface area contributed by atoms with E-state index in [9.17, 15) is 4.79 Å². The van der Waals surface area contributed by atoms with Gasteiger partial charge in [0.05, 0.1) is 11.7 Å². The minimum absolute atomic E-state index is 0.0604. The van der Waals surface area contributed by atoms with Crippen molar-refractivity contribution in [2.45, 2.75) is 32.3 Å². The normalized spacial score (nSPS) is 19.1. The summed E-state index contributed by atoms with van der Waals surface area (Å²) in [5, 5.41) is 0.526. The summed E-state index contributed by atoms with van der Waals surface area (Å²) < 4.78 is 5.75. The standard InChI is InChI=1S/C15H21ClN2O2/c1-2-8-20-12-4-3-7-18(10-12)15(19)13-9-11(16)5-6-14(13)17/h5-6,9,12H,2-4,7-8,10,17H2,1H3. The van der Waals surface area contributed by atoms with Crippen molar-refractivity contribution >= 4 is 23.2 Å². The number of likely N-dealkylation sites (tertiary alicyclic amines) is 1. The van der Waals surface area contributed by atoms with E-state index in [0.29, 0.717) is 22.8 Å². The number of piperidine rings is 1. The van der Waals surface area contributed by atoms with Gasteiger partial charge >= 0.3 is 0 Å². The summed E-state index contributed by atoms with van der Waals surface area (Å²) in [5.41, 5.74) is 6.82. The molecule has 1 unspecified atom stereocenters. The van der Waals surface area contributed by atoms with E-state index in [0.717, 1.165) is 32.4 Å². The van der Waals surface area contributed by atoms with E-state index in [-0.39, 0.29) is 12.0 Å². The molecule has 1 heterocycles. The Morgan fingerprint density at radius 2 is 2.35 bits per heavy atom. The van der Waals surface area contributed by atoms with Gasteiger partial charge in [0.2, 0.25) is 0 Å². The number of halogens is 1. The molecule has 1 aliphatic rings. The Bertz CT molecular complexity index is 479. The van der Waals surface area contributed by atoms with Crippen molar-refractivity contribution in [3.8, 4) is 0 Å². The Balaban J connectivity index is 2.06. The smallest absolute Gasteiger partial charge is 0.256 e. The van der Waals surface area contributed by atoms with Crippen molar-refractivity contribution in [1.29, 1.82) is 0 Å². The number of nitrogens with two attached hydrogens (primary N) is 1. The van der Waals surface area contributed by atoms with Crippen molar-refractivity contribution in [3.63, 3.8) is 0 Å². The first kappa shape index (κ1) is 15.1. The SMILES string of the molecule is CCCOC1CCCN(C(=O)c2cc(Cl)ccc2N)C1. The Morgan fingerprint density at radius 1 is 1.55 bits per heavy atom. The number of ether oxygens (including phenoxy) is 1. The van der Waals surface area contributed by atoms with Crippen LogP contribution >= 0.6 is 11.6 Å². The predicted molar refractivity (Wildman–Crippen MR) is 81.0 cm³/mol. The summed E-state index contributed by atoms with van der Waals surface area (Å²) in [7, 11) is 0. The van der Waals surface area contributed by atoms with Gasteiger partial charge in [0.15, 0.2) is 0 Å². The lowest BCUT2D eigenvalue weighted by Crippen LogP contribution is -2.43. The number of rotatable bonds is 4. The second kappa shape index (κ2) is 6.95. The first-order valence-electron chi connectivity index (χ1n) is 7.07. The van der Waals surface area contributed by atoms with E-state index in [2.05, 4.69) is 6.92 Å². The molecule has 5 heteroatoms. The first-order chi connectivity index (χ1) is 9.61. The number of carbonyl (C=O) groups excluding carboxylic acids is 1. The molecule has 20 heavy (non-hydrogen) atoms. The molecule has 0 spiro atoms. The van der Waals surface area contributed by atoms with Crippen molar-refractivity contribution in [1.82, 2.24) is 4.90 Å². The number of anilines is 1. The van der Waals surface area contributed by atoms with E-state index in [1.807, 2.05) is 4.90 Å². The van der Waals surface area contributed by atoms with Gasteiger partial charge in [0.25, 0.3) is 5.91 Å². The van der Waals surface area contributed by atoms with Crippen LogP contribution in [0.1, 0.15) is 36.5 Å². The maximum atomic E-state index is 12.5. The van der Waals surface area contributed by atoms with E-state index < -0.39 is 0 Å². The number of hydrogen-bond donors (Lipinski definition) is 1. The lowest BCUT2D eigenvalue weighted by molar-refractivity contribution is 0.00214. The molecule has 0 radical (unpaired) electrons. The first-order valence-corrected chi connectivity index (χ1v) is 7.45. The number of nitrogen functional groups attached to an aromatic ring is 1. The molecule has 1 saturated heterocycles. The van der Waals surface area contributed by atoms with E-state index in [4.69, 9.17) is 22.1 Å². The monoisotopic (exact) mass is 296 g/mol. The second-order valence-corrected chi connectivity index (χ2v) is 5.55. The summed E-state index contributed by atoms with van der Waals surface area (Å²) in [4.78, 5) is 14.3. The third-order valence-corrected chi connectivity index (χ3v) is 3.70. The molecule has 2 rings (SSSR count). The quantitative estimate of drug-likeness (QED) is 0.869. The summed E-state index contributed by atoms with van der Waals surface area (Å²) in [6, 6.07) is 5.00. The van der Waals surface area contributed by atoms with Crippen LogP contribution in [0.15, 0.2) is 18.2 Å². The Morgan fingerprint density at radius 3 is 3.10 bits per heavy atom. The highest BCUT2D eigenvalue weighted by Crippen LogP contribution is 2.22. The van der Waals surface area contributed by atoms with Gasteiger partial charge in [-0.05, 0) is 37.5 Å². The Labute approximate surface area is 124 Å². The summed E-state index contributed by atoms with van der Waals surface area (Å²) in [5.74, 6) is -0.0604. The van der Waals surface area contributed by atoms with Crippen LogP contribution in [0.3, 0.4) is 0 Å². The summed E-state index contributed by atoms with van der Waals surface area (Å²) in [6.45, 7) is 4.20. The van der Waals surface area contributed by atoms with Gasteiger partial charge < -0.3 is 15.4 Å². The number of amides is 1. The third kappa shape index (κ3) is 3.64. The van der Waals surface area contributed by atoms with Crippen LogP contribution in [0, 0.1) is 0 Å². The number of benzene rings is 1. The lowest BCUT2D eigenvalue weighted by Gasteiger charge is -2.33. The molecule has 0 aromatic heterocycles. The fraction of sp³-hybridized carbons (Fsp3) is 0.533. The Hall–Kier alpha value is -1.26. The van der Waals surface area contributed by atoms with Crippen LogP contribution in [0.2, 0.25) is 5.02 Å². The van der Waals surface area contributed by atoms with Crippen molar-refractivity contribution in [2.75, 3.05) is 25.4 Å². The van der Waals surface area contributed by atoms with Gasteiger partial charge in [-0.15, -0.1) is 0 Å². The van der Waals surface area contributed by atoms with Gasteiger partial charge in [0, 0.05) is 30.4 Å². The highest BCUT2D eigenvalue weighted by molar-refractivity contribution is 6.31. The van der Waals surface area contributed by atoms with Crippen LogP contribution in [0.5, 0.6) is 0 Å². The molecule has 1 aromatic rings. The lowest BCUT2D eigenvalue weighted by atomic mass is 10.1. The summed E-state index contributed by atoms with van der Waals surface area (Å²) >= 11 is 5.95. The maximum Gasteiger partial charge on any atom is 0.256 e. The van der Waals surface area contributed by atoms with Gasteiger partial charge in [0.1, 0.15) is 0 Å². The molecule has 0 bridgehead atoms. The highest BCUT2D eigenvalue weighted by Gasteiger charge is 2.25. The number of nitrogens with zero attached hydrogens (tertiary/aromatic N) is 1. The average Bonchev–Trinajstić information content (AvgIpc) is 2.47. The minimum Gasteiger partial charge on any atom is -0.398 e. The molecular weight excluding hydrogens is 276 g/mol. The van der Waals surface area contributed by atoms with Crippen LogP contribution in [-0.2, 0) is 4.74 Å². The number of hydrogen-bond acceptors (Lipinski definition) is 3. The third-order valence-electron chi connectivity index (χ3n) is 3.47. The number of carbonyl (C=O) groups is 1. The molecule has 2 N–H and O–H groups in total. The molecule has 4 nitrogen and oxygen atoms in total. The van der Waals surface area contributed by atoms with E-state index >= 15 is 0 Å². The van der Waals surface area contributed by atoms with Crippen LogP contribution in [0.4, 0.5) is 5.69 Å². The fourth-order valence-corrected chi connectivity index (χ4v) is 2.60. The van der Waals surface area contributed by atoms with Gasteiger partial charge in [-0.1, -0.05) is 18.5 Å². The molecule has 1 aromatic carbocycles. The molecule has 1 atom stereocenters. The van der Waals surface area contributed by atoms with E-state index in [1.54, 1.807) is 18.2 Å². The molecule has 0 saturated carbocycles. The average molecular weight is 297 g/mol. The van der Waals surface area contributed by atoms with Gasteiger partial charge in [-0.3, -0.25) is 4.79 Å². The second-order valence-electron chi connectivity index (χ2n) is 5.12. The van der Waals surface area contributed by atoms with Crippen molar-refractivity contribution in [3.05, 3.63) is 28.8 Å². The summed E-state index contributed by atoms with van der Waals surface area (Å²) in [6.07, 6.45) is 3.09. The fourth-order valence-electron chi connectivity index (χ4n) is 2.43. The zero-order valence-corrected chi connectivity index (χ0v) is 12.5. The zero-order chi connectivity index (χ0) is 14.5. The molecule has 1 aliphatic heterocycles. The van der Waals surface area contributed by atoms with Crippen LogP contribution in [0.25, 0.3) is 0 Å².